The number of rotatable bonds is 4. The van der Waals surface area contributed by atoms with E-state index in [0.29, 0.717) is 33.8 Å². The van der Waals surface area contributed by atoms with Crippen LogP contribution >= 0.6 is 0 Å². The van der Waals surface area contributed by atoms with Crippen LogP contribution in [-0.4, -0.2) is 14.2 Å². The predicted octanol–water partition coefficient (Wildman–Crippen LogP) is 5.32. The molecule has 0 aliphatic carbocycles. The summed E-state index contributed by atoms with van der Waals surface area (Å²) in [6, 6.07) is 16.4. The van der Waals surface area contributed by atoms with Crippen molar-refractivity contribution < 1.29 is 18.3 Å². The Morgan fingerprint density at radius 1 is 0.708 bits per heavy atom. The van der Waals surface area contributed by atoms with Crippen LogP contribution in [0.25, 0.3) is 22.3 Å². The van der Waals surface area contributed by atoms with Crippen LogP contribution in [0.1, 0.15) is 0 Å². The molecule has 0 radical (unpaired) electrons. The molecule has 0 atom stereocenters. The maximum Gasteiger partial charge on any atom is 0.134 e. The highest BCUT2D eigenvalue weighted by Gasteiger charge is 2.16. The van der Waals surface area contributed by atoms with Gasteiger partial charge in [-0.15, -0.1) is 0 Å². The normalized spacial score (nSPS) is 10.5. The maximum atomic E-state index is 14.6. The Labute approximate surface area is 139 Å². The van der Waals surface area contributed by atoms with Crippen LogP contribution in [0.3, 0.4) is 0 Å². The van der Waals surface area contributed by atoms with Crippen molar-refractivity contribution in [1.82, 2.24) is 0 Å². The molecule has 0 spiro atoms. The van der Waals surface area contributed by atoms with E-state index in [0.717, 1.165) is 6.07 Å². The highest BCUT2D eigenvalue weighted by molar-refractivity contribution is 5.84. The second-order valence-electron chi connectivity index (χ2n) is 5.27. The van der Waals surface area contributed by atoms with Gasteiger partial charge < -0.3 is 9.47 Å². The Bertz CT molecular complexity index is 875. The topological polar surface area (TPSA) is 18.5 Å². The van der Waals surface area contributed by atoms with E-state index < -0.39 is 11.6 Å². The van der Waals surface area contributed by atoms with Crippen LogP contribution in [0.2, 0.25) is 0 Å². The van der Waals surface area contributed by atoms with Crippen molar-refractivity contribution in [2.75, 3.05) is 14.2 Å². The molecule has 24 heavy (non-hydrogen) atoms. The van der Waals surface area contributed by atoms with Crippen molar-refractivity contribution >= 4 is 0 Å². The molecule has 3 rings (SSSR count). The molecule has 4 heteroatoms. The number of methoxy groups -OCH3 is 2. The second-order valence-corrected chi connectivity index (χ2v) is 5.27. The minimum Gasteiger partial charge on any atom is -0.497 e. The smallest absolute Gasteiger partial charge is 0.134 e. The van der Waals surface area contributed by atoms with E-state index in [2.05, 4.69) is 0 Å². The largest absolute Gasteiger partial charge is 0.497 e. The fourth-order valence-corrected chi connectivity index (χ4v) is 2.66. The molecule has 3 aromatic rings. The SMILES string of the molecule is COc1cccc(-c2cc(F)cc(F)c2-c2cccc(OC)c2)c1. The van der Waals surface area contributed by atoms with Crippen molar-refractivity contribution in [3.8, 4) is 33.8 Å². The van der Waals surface area contributed by atoms with E-state index >= 15 is 0 Å². The summed E-state index contributed by atoms with van der Waals surface area (Å²) in [5.74, 6) is -0.0281. The van der Waals surface area contributed by atoms with E-state index in [1.165, 1.54) is 6.07 Å². The van der Waals surface area contributed by atoms with Crippen LogP contribution in [0.15, 0.2) is 60.7 Å². The lowest BCUT2D eigenvalue weighted by molar-refractivity contribution is 0.415. The highest BCUT2D eigenvalue weighted by atomic mass is 19.1. The summed E-state index contributed by atoms with van der Waals surface area (Å²) in [6.07, 6.45) is 0. The van der Waals surface area contributed by atoms with Crippen LogP contribution in [-0.2, 0) is 0 Å². The molecule has 0 aliphatic heterocycles. The summed E-state index contributed by atoms with van der Waals surface area (Å²) in [5.41, 5.74) is 2.07. The number of hydrogen-bond acceptors (Lipinski definition) is 2. The van der Waals surface area contributed by atoms with Gasteiger partial charge in [0.25, 0.3) is 0 Å². The van der Waals surface area contributed by atoms with Crippen LogP contribution in [0.5, 0.6) is 11.5 Å². The number of halogens is 2. The predicted molar refractivity (Wildman–Crippen MR) is 90.3 cm³/mol. The minimum atomic E-state index is -0.628. The van der Waals surface area contributed by atoms with Crippen LogP contribution in [0, 0.1) is 11.6 Å². The third-order valence-electron chi connectivity index (χ3n) is 3.79. The first kappa shape index (κ1) is 16.0. The molecule has 0 saturated carbocycles. The van der Waals surface area contributed by atoms with Gasteiger partial charge in [0.1, 0.15) is 23.1 Å². The Morgan fingerprint density at radius 2 is 1.29 bits per heavy atom. The molecule has 122 valence electrons. The molecule has 2 nitrogen and oxygen atoms in total. The number of hydrogen-bond donors (Lipinski definition) is 0. The first-order valence-electron chi connectivity index (χ1n) is 7.40. The average molecular weight is 326 g/mol. The van der Waals surface area contributed by atoms with Crippen molar-refractivity contribution in [2.24, 2.45) is 0 Å². The van der Waals surface area contributed by atoms with E-state index in [4.69, 9.17) is 9.47 Å². The molecular formula is C20H16F2O2. The van der Waals surface area contributed by atoms with Gasteiger partial charge in [0.05, 0.1) is 14.2 Å². The molecule has 0 amide bonds. The van der Waals surface area contributed by atoms with Gasteiger partial charge in [-0.25, -0.2) is 8.78 Å². The number of benzene rings is 3. The van der Waals surface area contributed by atoms with E-state index in [1.807, 2.05) is 0 Å². The van der Waals surface area contributed by atoms with Gasteiger partial charge in [-0.2, -0.15) is 0 Å². The second kappa shape index (κ2) is 6.71. The van der Waals surface area contributed by atoms with E-state index in [9.17, 15) is 8.78 Å². The Balaban J connectivity index is 2.25. The van der Waals surface area contributed by atoms with Crippen molar-refractivity contribution in [1.29, 1.82) is 0 Å². The van der Waals surface area contributed by atoms with Crippen LogP contribution < -0.4 is 9.47 Å². The van der Waals surface area contributed by atoms with Gasteiger partial charge in [-0.1, -0.05) is 24.3 Å². The third kappa shape index (κ3) is 3.08. The first-order valence-corrected chi connectivity index (χ1v) is 7.40. The van der Waals surface area contributed by atoms with Crippen LogP contribution in [0.4, 0.5) is 8.78 Å². The Morgan fingerprint density at radius 3 is 1.92 bits per heavy atom. The van der Waals surface area contributed by atoms with Gasteiger partial charge in [0.15, 0.2) is 0 Å². The van der Waals surface area contributed by atoms with Gasteiger partial charge in [0, 0.05) is 11.6 Å². The standard InChI is InChI=1S/C20H16F2O2/c1-23-16-7-3-5-13(9-16)18-11-15(21)12-19(22)20(18)14-6-4-8-17(10-14)24-2/h3-12H,1-2H3. The van der Waals surface area contributed by atoms with E-state index in [-0.39, 0.29) is 0 Å². The average Bonchev–Trinajstić information content (AvgIpc) is 2.61. The summed E-state index contributed by atoms with van der Waals surface area (Å²) in [6.45, 7) is 0. The maximum absolute atomic E-state index is 14.6. The first-order chi connectivity index (χ1) is 11.6. The molecular weight excluding hydrogens is 310 g/mol. The summed E-state index contributed by atoms with van der Waals surface area (Å²) in [4.78, 5) is 0. The molecule has 0 N–H and O–H groups in total. The molecule has 0 bridgehead atoms. The molecule has 0 unspecified atom stereocenters. The van der Waals surface area contributed by atoms with E-state index in [1.54, 1.807) is 62.8 Å². The quantitative estimate of drug-likeness (QED) is 0.646. The zero-order valence-electron chi connectivity index (χ0n) is 13.3. The van der Waals surface area contributed by atoms with Gasteiger partial charge in [-0.3, -0.25) is 0 Å². The molecule has 0 aromatic heterocycles. The molecule has 0 aliphatic rings. The number of ether oxygens (including phenoxy) is 2. The van der Waals surface area contributed by atoms with Gasteiger partial charge >= 0.3 is 0 Å². The fourth-order valence-electron chi connectivity index (χ4n) is 2.66. The summed E-state index contributed by atoms with van der Waals surface area (Å²) in [5, 5.41) is 0. The molecule has 3 aromatic carbocycles. The van der Waals surface area contributed by atoms with Gasteiger partial charge in [-0.05, 0) is 47.0 Å². The summed E-state index contributed by atoms with van der Waals surface area (Å²) < 4.78 is 38.8. The van der Waals surface area contributed by atoms with Crippen molar-refractivity contribution in [2.45, 2.75) is 0 Å². The lowest BCUT2D eigenvalue weighted by Crippen LogP contribution is -1.94. The molecule has 0 saturated heterocycles. The molecule has 0 heterocycles. The highest BCUT2D eigenvalue weighted by Crippen LogP contribution is 2.37. The monoisotopic (exact) mass is 326 g/mol. The summed E-state index contributed by atoms with van der Waals surface area (Å²) in [7, 11) is 3.09. The summed E-state index contributed by atoms with van der Waals surface area (Å²) >= 11 is 0. The molecule has 0 fully saturated rings. The van der Waals surface area contributed by atoms with Crippen molar-refractivity contribution in [3.05, 3.63) is 72.3 Å². The lowest BCUT2D eigenvalue weighted by atomic mass is 9.93. The van der Waals surface area contributed by atoms with Crippen molar-refractivity contribution in [3.63, 3.8) is 0 Å². The Kier molecular flexibility index (Phi) is 4.47. The third-order valence-corrected chi connectivity index (χ3v) is 3.79. The zero-order valence-corrected chi connectivity index (χ0v) is 13.3. The van der Waals surface area contributed by atoms with Gasteiger partial charge in [0.2, 0.25) is 0 Å². The lowest BCUT2D eigenvalue weighted by Gasteiger charge is -2.13. The Hall–Kier alpha value is -2.88. The zero-order chi connectivity index (χ0) is 17.1. The fraction of sp³-hybridized carbons (Fsp3) is 0.100. The minimum absolute atomic E-state index is 0.323.